The Morgan fingerprint density at radius 3 is 2.58 bits per heavy atom. The molecule has 0 saturated heterocycles. The Balaban J connectivity index is 1.90. The van der Waals surface area contributed by atoms with Crippen LogP contribution in [0.1, 0.15) is 16.8 Å². The average molecular weight is 334 g/mol. The number of hydrogen-bond donors (Lipinski definition) is 2. The van der Waals surface area contributed by atoms with Crippen LogP contribution in [-0.4, -0.2) is 43.0 Å². The molecule has 0 aliphatic heterocycles. The highest BCUT2D eigenvalue weighted by atomic mass is 19.2. The van der Waals surface area contributed by atoms with Crippen molar-refractivity contribution in [3.8, 4) is 0 Å². The second-order valence-electron chi connectivity index (χ2n) is 5.60. The second-order valence-corrected chi connectivity index (χ2v) is 5.60. The molecule has 7 heteroatoms. The number of anilines is 2. The van der Waals surface area contributed by atoms with E-state index in [1.165, 1.54) is 12.3 Å². The number of rotatable bonds is 7. The number of aromatic nitrogens is 1. The van der Waals surface area contributed by atoms with Gasteiger partial charge in [0.25, 0.3) is 5.91 Å². The topological polar surface area (TPSA) is 57.3 Å². The summed E-state index contributed by atoms with van der Waals surface area (Å²) in [6, 6.07) is 6.72. The second kappa shape index (κ2) is 8.35. The van der Waals surface area contributed by atoms with Gasteiger partial charge in [-0.3, -0.25) is 4.79 Å². The molecule has 0 radical (unpaired) electrons. The maximum atomic E-state index is 13.2. The fraction of sp³-hybridized carbons (Fsp3) is 0.294. The van der Waals surface area contributed by atoms with E-state index in [0.29, 0.717) is 23.6 Å². The first-order chi connectivity index (χ1) is 11.5. The number of carbonyl (C=O) groups excluding carboxylic acids is 1. The van der Waals surface area contributed by atoms with Crippen molar-refractivity contribution in [3.63, 3.8) is 0 Å². The van der Waals surface area contributed by atoms with Crippen molar-refractivity contribution >= 4 is 17.4 Å². The predicted molar refractivity (Wildman–Crippen MR) is 89.4 cm³/mol. The van der Waals surface area contributed by atoms with E-state index in [4.69, 9.17) is 0 Å². The Labute approximate surface area is 139 Å². The molecule has 2 rings (SSSR count). The van der Waals surface area contributed by atoms with Crippen LogP contribution in [0.2, 0.25) is 0 Å². The lowest BCUT2D eigenvalue weighted by Crippen LogP contribution is -2.27. The van der Waals surface area contributed by atoms with Crippen molar-refractivity contribution in [3.05, 3.63) is 53.7 Å². The van der Waals surface area contributed by atoms with Gasteiger partial charge in [0.2, 0.25) is 0 Å². The number of nitrogens with zero attached hydrogens (tertiary/aromatic N) is 2. The molecule has 2 aromatic rings. The summed E-state index contributed by atoms with van der Waals surface area (Å²) >= 11 is 0. The number of hydrogen-bond acceptors (Lipinski definition) is 4. The Kier molecular flexibility index (Phi) is 6.20. The number of amides is 1. The van der Waals surface area contributed by atoms with E-state index in [-0.39, 0.29) is 5.91 Å². The highest BCUT2D eigenvalue weighted by molar-refractivity contribution is 5.94. The first-order valence-corrected chi connectivity index (χ1v) is 7.57. The van der Waals surface area contributed by atoms with Gasteiger partial charge in [0, 0.05) is 24.5 Å². The van der Waals surface area contributed by atoms with Gasteiger partial charge >= 0.3 is 0 Å². The van der Waals surface area contributed by atoms with Gasteiger partial charge in [-0.05, 0) is 51.3 Å². The standard InChI is InChI=1S/C17H20F2N4O/c1-23(2)9-3-8-20-17(24)12-4-7-16(21-11-12)22-13-5-6-14(18)15(19)10-13/h4-7,10-11H,3,8-9H2,1-2H3,(H,20,24)(H,21,22). The Morgan fingerprint density at radius 1 is 1.17 bits per heavy atom. The van der Waals surface area contributed by atoms with E-state index >= 15 is 0 Å². The van der Waals surface area contributed by atoms with Crippen molar-refractivity contribution < 1.29 is 13.6 Å². The molecule has 0 fully saturated rings. The highest BCUT2D eigenvalue weighted by Crippen LogP contribution is 2.17. The van der Waals surface area contributed by atoms with Crippen molar-refractivity contribution in [2.24, 2.45) is 0 Å². The molecule has 0 spiro atoms. The van der Waals surface area contributed by atoms with Crippen LogP contribution >= 0.6 is 0 Å². The molecule has 0 unspecified atom stereocenters. The molecule has 2 N–H and O–H groups in total. The van der Waals surface area contributed by atoms with Crippen LogP contribution in [0.25, 0.3) is 0 Å². The van der Waals surface area contributed by atoms with Crippen LogP contribution in [0, 0.1) is 11.6 Å². The zero-order valence-electron chi connectivity index (χ0n) is 13.6. The minimum Gasteiger partial charge on any atom is -0.352 e. The quantitative estimate of drug-likeness (QED) is 0.765. The maximum absolute atomic E-state index is 13.2. The largest absolute Gasteiger partial charge is 0.352 e. The molecule has 5 nitrogen and oxygen atoms in total. The van der Waals surface area contributed by atoms with Gasteiger partial charge in [0.05, 0.1) is 5.56 Å². The molecular formula is C17H20F2N4O. The van der Waals surface area contributed by atoms with Gasteiger partial charge in [-0.25, -0.2) is 13.8 Å². The predicted octanol–water partition coefficient (Wildman–Crippen LogP) is 2.78. The van der Waals surface area contributed by atoms with Crippen LogP contribution in [0.5, 0.6) is 0 Å². The number of carbonyl (C=O) groups is 1. The molecule has 24 heavy (non-hydrogen) atoms. The Morgan fingerprint density at radius 2 is 1.96 bits per heavy atom. The van der Waals surface area contributed by atoms with Gasteiger partial charge in [-0.2, -0.15) is 0 Å². The number of nitrogens with one attached hydrogen (secondary N) is 2. The van der Waals surface area contributed by atoms with E-state index in [1.807, 2.05) is 19.0 Å². The van der Waals surface area contributed by atoms with Crippen LogP contribution < -0.4 is 10.6 Å². The molecule has 128 valence electrons. The van der Waals surface area contributed by atoms with Crippen molar-refractivity contribution in [1.82, 2.24) is 15.2 Å². The van der Waals surface area contributed by atoms with E-state index in [2.05, 4.69) is 15.6 Å². The summed E-state index contributed by atoms with van der Waals surface area (Å²) in [6.07, 6.45) is 2.30. The van der Waals surface area contributed by atoms with Gasteiger partial charge in [-0.15, -0.1) is 0 Å². The van der Waals surface area contributed by atoms with Gasteiger partial charge < -0.3 is 15.5 Å². The smallest absolute Gasteiger partial charge is 0.252 e. The maximum Gasteiger partial charge on any atom is 0.252 e. The summed E-state index contributed by atoms with van der Waals surface area (Å²) < 4.78 is 26.0. The van der Waals surface area contributed by atoms with Gasteiger partial charge in [0.15, 0.2) is 11.6 Å². The number of pyridine rings is 1. The van der Waals surface area contributed by atoms with E-state index < -0.39 is 11.6 Å². The summed E-state index contributed by atoms with van der Waals surface area (Å²) in [5, 5.41) is 5.67. The summed E-state index contributed by atoms with van der Waals surface area (Å²) in [6.45, 7) is 1.49. The van der Waals surface area contributed by atoms with Crippen molar-refractivity contribution in [2.45, 2.75) is 6.42 Å². The molecule has 0 saturated carbocycles. The van der Waals surface area contributed by atoms with Crippen molar-refractivity contribution in [2.75, 3.05) is 32.5 Å². The lowest BCUT2D eigenvalue weighted by atomic mass is 10.2. The fourth-order valence-corrected chi connectivity index (χ4v) is 2.02. The minimum atomic E-state index is -0.936. The summed E-state index contributed by atoms with van der Waals surface area (Å²) in [5.41, 5.74) is 0.818. The third-order valence-electron chi connectivity index (χ3n) is 3.29. The molecule has 1 aromatic heterocycles. The fourth-order valence-electron chi connectivity index (χ4n) is 2.02. The van der Waals surface area contributed by atoms with E-state index in [9.17, 15) is 13.6 Å². The summed E-state index contributed by atoms with van der Waals surface area (Å²) in [5.74, 6) is -1.60. The molecular weight excluding hydrogens is 314 g/mol. The zero-order valence-corrected chi connectivity index (χ0v) is 13.6. The van der Waals surface area contributed by atoms with Gasteiger partial charge in [-0.1, -0.05) is 0 Å². The lowest BCUT2D eigenvalue weighted by molar-refractivity contribution is 0.0952. The van der Waals surface area contributed by atoms with Crippen LogP contribution in [0.4, 0.5) is 20.3 Å². The average Bonchev–Trinajstić information content (AvgIpc) is 2.55. The molecule has 0 aliphatic rings. The molecule has 1 aromatic carbocycles. The Bertz CT molecular complexity index is 689. The van der Waals surface area contributed by atoms with E-state index in [0.717, 1.165) is 25.1 Å². The van der Waals surface area contributed by atoms with Crippen LogP contribution in [-0.2, 0) is 0 Å². The lowest BCUT2D eigenvalue weighted by Gasteiger charge is -2.10. The summed E-state index contributed by atoms with van der Waals surface area (Å²) in [4.78, 5) is 18.1. The minimum absolute atomic E-state index is 0.194. The molecule has 0 bridgehead atoms. The molecule has 1 amide bonds. The SMILES string of the molecule is CN(C)CCCNC(=O)c1ccc(Nc2ccc(F)c(F)c2)nc1. The number of benzene rings is 1. The normalized spacial score (nSPS) is 10.7. The third kappa shape index (κ3) is 5.27. The highest BCUT2D eigenvalue weighted by Gasteiger charge is 2.07. The van der Waals surface area contributed by atoms with Gasteiger partial charge in [0.1, 0.15) is 5.82 Å². The molecule has 1 heterocycles. The van der Waals surface area contributed by atoms with Crippen molar-refractivity contribution in [1.29, 1.82) is 0 Å². The molecule has 0 aliphatic carbocycles. The zero-order chi connectivity index (χ0) is 17.5. The first kappa shape index (κ1) is 17.8. The van der Waals surface area contributed by atoms with Crippen LogP contribution in [0.15, 0.2) is 36.5 Å². The molecule has 0 atom stereocenters. The van der Waals surface area contributed by atoms with Crippen LogP contribution in [0.3, 0.4) is 0 Å². The monoisotopic (exact) mass is 334 g/mol. The van der Waals surface area contributed by atoms with E-state index in [1.54, 1.807) is 12.1 Å². The third-order valence-corrected chi connectivity index (χ3v) is 3.29. The first-order valence-electron chi connectivity index (χ1n) is 7.57. The Hall–Kier alpha value is -2.54. The number of halogens is 2. The summed E-state index contributed by atoms with van der Waals surface area (Å²) in [7, 11) is 3.95.